The highest BCUT2D eigenvalue weighted by molar-refractivity contribution is 5.91. The lowest BCUT2D eigenvalue weighted by Gasteiger charge is -2.38. The molecule has 1 aliphatic carbocycles. The molecule has 3 nitrogen and oxygen atoms in total. The average molecular weight is 346 g/mol. The number of rotatable bonds is 4. The zero-order chi connectivity index (χ0) is 18.1. The molecule has 4 rings (SSSR count). The molecule has 2 aromatic rings. The zero-order valence-corrected chi connectivity index (χ0v) is 15.5. The van der Waals surface area contributed by atoms with E-state index in [1.807, 2.05) is 13.0 Å². The Bertz CT molecular complexity index is 855. The summed E-state index contributed by atoms with van der Waals surface area (Å²) in [5, 5.41) is 6.80. The number of anilines is 2. The van der Waals surface area contributed by atoms with E-state index in [0.29, 0.717) is 24.3 Å². The molecule has 1 aliphatic heterocycles. The highest BCUT2D eigenvalue weighted by atomic mass is 16.1. The first-order valence-electron chi connectivity index (χ1n) is 9.59. The summed E-state index contributed by atoms with van der Waals surface area (Å²) in [6.07, 6.45) is 7.16. The molecule has 2 N–H and O–H groups in total. The maximum Gasteiger partial charge on any atom is 0.224 e. The number of amides is 1. The van der Waals surface area contributed by atoms with Crippen molar-refractivity contribution in [3.8, 4) is 0 Å². The number of nitrogens with one attached hydrogen (secondary N) is 2. The van der Waals surface area contributed by atoms with Gasteiger partial charge in [0.1, 0.15) is 0 Å². The highest BCUT2D eigenvalue weighted by Crippen LogP contribution is 2.50. The van der Waals surface area contributed by atoms with Crippen LogP contribution in [-0.4, -0.2) is 5.91 Å². The van der Waals surface area contributed by atoms with E-state index in [1.165, 1.54) is 22.4 Å². The van der Waals surface area contributed by atoms with Crippen LogP contribution in [0.25, 0.3) is 0 Å². The highest BCUT2D eigenvalue weighted by Gasteiger charge is 2.37. The Balaban J connectivity index is 1.65. The van der Waals surface area contributed by atoms with E-state index in [1.54, 1.807) is 0 Å². The molecule has 0 saturated heterocycles. The standard InChI is InChI=1S/C23H26N2O/c1-3-6-22(26)24-17-11-12-21-20(14-17)18-9-5-10-19(18)23(25-21)16-8-4-7-15(2)13-16/h4-5,7-9,11-14,18-19,23,25H,3,6,10H2,1-2H3,(H,24,26). The summed E-state index contributed by atoms with van der Waals surface area (Å²) in [5.41, 5.74) is 6.03. The minimum absolute atomic E-state index is 0.0902. The third-order valence-electron chi connectivity index (χ3n) is 5.52. The van der Waals surface area contributed by atoms with Crippen molar-refractivity contribution in [2.75, 3.05) is 10.6 Å². The van der Waals surface area contributed by atoms with Crippen LogP contribution in [0.3, 0.4) is 0 Å². The fourth-order valence-corrected chi connectivity index (χ4v) is 4.32. The van der Waals surface area contributed by atoms with Gasteiger partial charge in [-0.15, -0.1) is 0 Å². The average Bonchev–Trinajstić information content (AvgIpc) is 3.11. The SMILES string of the molecule is CCCC(=O)Nc1ccc2c(c1)C1C=CCC1C(c1cccc(C)c1)N2. The molecule has 0 aromatic heterocycles. The Morgan fingerprint density at radius 2 is 2.12 bits per heavy atom. The third-order valence-corrected chi connectivity index (χ3v) is 5.52. The molecule has 0 radical (unpaired) electrons. The lowest BCUT2D eigenvalue weighted by molar-refractivity contribution is -0.116. The van der Waals surface area contributed by atoms with E-state index in [4.69, 9.17) is 0 Å². The van der Waals surface area contributed by atoms with Crippen molar-refractivity contribution in [3.05, 3.63) is 71.3 Å². The van der Waals surface area contributed by atoms with E-state index < -0.39 is 0 Å². The molecule has 26 heavy (non-hydrogen) atoms. The number of benzene rings is 2. The normalized spacial score (nSPS) is 23.1. The second-order valence-electron chi connectivity index (χ2n) is 7.49. The summed E-state index contributed by atoms with van der Waals surface area (Å²) >= 11 is 0. The molecule has 0 fully saturated rings. The molecule has 0 bridgehead atoms. The Hall–Kier alpha value is -2.55. The number of fused-ring (bicyclic) bond motifs is 3. The van der Waals surface area contributed by atoms with Gasteiger partial charge in [0.05, 0.1) is 6.04 Å². The summed E-state index contributed by atoms with van der Waals surface area (Å²) in [7, 11) is 0. The Morgan fingerprint density at radius 1 is 1.23 bits per heavy atom. The molecule has 134 valence electrons. The van der Waals surface area contributed by atoms with Crippen LogP contribution in [0, 0.1) is 12.8 Å². The van der Waals surface area contributed by atoms with Crippen LogP contribution in [0.2, 0.25) is 0 Å². The van der Waals surface area contributed by atoms with Gasteiger partial charge in [0, 0.05) is 23.7 Å². The van der Waals surface area contributed by atoms with Crippen LogP contribution in [0.5, 0.6) is 0 Å². The first kappa shape index (κ1) is 16.9. The van der Waals surface area contributed by atoms with Crippen molar-refractivity contribution in [2.24, 2.45) is 5.92 Å². The van der Waals surface area contributed by atoms with Crippen molar-refractivity contribution in [1.82, 2.24) is 0 Å². The predicted octanol–water partition coefficient (Wildman–Crippen LogP) is 5.56. The van der Waals surface area contributed by atoms with Gasteiger partial charge >= 0.3 is 0 Å². The van der Waals surface area contributed by atoms with Gasteiger partial charge in [-0.25, -0.2) is 0 Å². The number of aryl methyl sites for hydroxylation is 1. The maximum atomic E-state index is 11.9. The van der Waals surface area contributed by atoms with Crippen molar-refractivity contribution in [3.63, 3.8) is 0 Å². The van der Waals surface area contributed by atoms with Gasteiger partial charge in [0.15, 0.2) is 0 Å². The topological polar surface area (TPSA) is 41.1 Å². The van der Waals surface area contributed by atoms with Crippen LogP contribution in [0.1, 0.15) is 54.8 Å². The monoisotopic (exact) mass is 346 g/mol. The quantitative estimate of drug-likeness (QED) is 0.712. The second kappa shape index (κ2) is 6.99. The molecule has 1 heterocycles. The number of carbonyl (C=O) groups is 1. The van der Waals surface area contributed by atoms with Crippen molar-refractivity contribution >= 4 is 17.3 Å². The summed E-state index contributed by atoms with van der Waals surface area (Å²) in [6, 6.07) is 15.4. The molecule has 0 saturated carbocycles. The Labute approximate surface area is 155 Å². The first-order chi connectivity index (χ1) is 12.7. The number of hydrogen-bond acceptors (Lipinski definition) is 2. The van der Waals surface area contributed by atoms with E-state index in [2.05, 4.69) is 66.1 Å². The molecule has 1 amide bonds. The molecule has 3 heteroatoms. The number of allylic oxidation sites excluding steroid dienone is 2. The van der Waals surface area contributed by atoms with Crippen LogP contribution in [0.15, 0.2) is 54.6 Å². The largest absolute Gasteiger partial charge is 0.378 e. The van der Waals surface area contributed by atoms with Gasteiger partial charge in [-0.1, -0.05) is 48.9 Å². The first-order valence-corrected chi connectivity index (χ1v) is 9.59. The molecular weight excluding hydrogens is 320 g/mol. The summed E-state index contributed by atoms with van der Waals surface area (Å²) < 4.78 is 0. The van der Waals surface area contributed by atoms with Gasteiger partial charge in [-0.2, -0.15) is 0 Å². The van der Waals surface area contributed by atoms with Crippen LogP contribution < -0.4 is 10.6 Å². The van der Waals surface area contributed by atoms with Crippen molar-refractivity contribution in [1.29, 1.82) is 0 Å². The van der Waals surface area contributed by atoms with Crippen LogP contribution >= 0.6 is 0 Å². The van der Waals surface area contributed by atoms with E-state index >= 15 is 0 Å². The number of hydrogen-bond donors (Lipinski definition) is 2. The minimum Gasteiger partial charge on any atom is -0.378 e. The zero-order valence-electron chi connectivity index (χ0n) is 15.5. The van der Waals surface area contributed by atoms with Gasteiger partial charge in [0.2, 0.25) is 5.91 Å². The van der Waals surface area contributed by atoms with Gasteiger partial charge in [-0.05, 0) is 55.0 Å². The molecular formula is C23H26N2O. The molecule has 2 aliphatic rings. The van der Waals surface area contributed by atoms with Crippen LogP contribution in [-0.2, 0) is 4.79 Å². The van der Waals surface area contributed by atoms with E-state index in [-0.39, 0.29) is 5.91 Å². The molecule has 0 spiro atoms. The molecule has 3 atom stereocenters. The Kier molecular flexibility index (Phi) is 4.54. The van der Waals surface area contributed by atoms with Gasteiger partial charge in [0.25, 0.3) is 0 Å². The second-order valence-corrected chi connectivity index (χ2v) is 7.49. The van der Waals surface area contributed by atoms with Crippen molar-refractivity contribution in [2.45, 2.75) is 45.1 Å². The van der Waals surface area contributed by atoms with Crippen molar-refractivity contribution < 1.29 is 4.79 Å². The molecule has 2 aromatic carbocycles. The van der Waals surface area contributed by atoms with Gasteiger partial charge < -0.3 is 10.6 Å². The Morgan fingerprint density at radius 3 is 2.92 bits per heavy atom. The van der Waals surface area contributed by atoms with E-state index in [0.717, 1.165) is 18.5 Å². The van der Waals surface area contributed by atoms with E-state index in [9.17, 15) is 4.79 Å². The maximum absolute atomic E-state index is 11.9. The lowest BCUT2D eigenvalue weighted by atomic mass is 9.77. The lowest BCUT2D eigenvalue weighted by Crippen LogP contribution is -2.29. The fraction of sp³-hybridized carbons (Fsp3) is 0.348. The number of carbonyl (C=O) groups excluding carboxylic acids is 1. The summed E-state index contributed by atoms with van der Waals surface area (Å²) in [6.45, 7) is 4.17. The smallest absolute Gasteiger partial charge is 0.224 e. The summed E-state index contributed by atoms with van der Waals surface area (Å²) in [4.78, 5) is 11.9. The van der Waals surface area contributed by atoms with Crippen LogP contribution in [0.4, 0.5) is 11.4 Å². The third kappa shape index (κ3) is 3.14. The minimum atomic E-state index is 0.0902. The predicted molar refractivity (Wildman–Crippen MR) is 108 cm³/mol. The molecule has 3 unspecified atom stereocenters. The van der Waals surface area contributed by atoms with Gasteiger partial charge in [-0.3, -0.25) is 4.79 Å². The summed E-state index contributed by atoms with van der Waals surface area (Å²) in [5.74, 6) is 1.01. The fourth-order valence-electron chi connectivity index (χ4n) is 4.32.